The summed E-state index contributed by atoms with van der Waals surface area (Å²) in [6.07, 6.45) is 8.05. The second kappa shape index (κ2) is 7.08. The van der Waals surface area contributed by atoms with E-state index in [0.29, 0.717) is 17.8 Å². The molecular weight excluding hydrogens is 255 g/mol. The lowest BCUT2D eigenvalue weighted by Gasteiger charge is -2.13. The molecule has 0 saturated carbocycles. The zero-order chi connectivity index (χ0) is 14.4. The second-order valence-corrected chi connectivity index (χ2v) is 5.20. The normalized spacial score (nSPS) is 14.6. The maximum absolute atomic E-state index is 13.1. The third-order valence-corrected chi connectivity index (χ3v) is 3.53. The summed E-state index contributed by atoms with van der Waals surface area (Å²) in [6.45, 7) is 2.31. The van der Waals surface area contributed by atoms with Crippen LogP contribution >= 0.6 is 0 Å². The maximum atomic E-state index is 13.1. The summed E-state index contributed by atoms with van der Waals surface area (Å²) in [6, 6.07) is 4.30. The Hall–Kier alpha value is -1.84. The number of benzene rings is 1. The van der Waals surface area contributed by atoms with Gasteiger partial charge >= 0.3 is 6.03 Å². The number of allylic oxidation sites excluding steroid dienone is 1. The lowest BCUT2D eigenvalue weighted by molar-refractivity contribution is 0.252. The van der Waals surface area contributed by atoms with Gasteiger partial charge in [0, 0.05) is 12.2 Å². The number of amides is 2. The molecule has 0 bridgehead atoms. The molecule has 0 spiro atoms. The number of anilines is 1. The van der Waals surface area contributed by atoms with E-state index in [0.717, 1.165) is 19.3 Å². The molecule has 2 rings (SSSR count). The van der Waals surface area contributed by atoms with E-state index in [9.17, 15) is 9.18 Å². The van der Waals surface area contributed by atoms with Crippen molar-refractivity contribution in [2.75, 3.05) is 11.9 Å². The molecule has 0 heterocycles. The van der Waals surface area contributed by atoms with Crippen molar-refractivity contribution in [2.45, 2.75) is 39.0 Å². The number of carbonyl (C=O) groups excluding carboxylic acids is 1. The van der Waals surface area contributed by atoms with Gasteiger partial charge in [-0.05, 0) is 62.8 Å². The van der Waals surface area contributed by atoms with Crippen molar-refractivity contribution in [3.05, 3.63) is 41.2 Å². The van der Waals surface area contributed by atoms with Gasteiger partial charge in [-0.1, -0.05) is 11.6 Å². The fourth-order valence-electron chi connectivity index (χ4n) is 2.37. The van der Waals surface area contributed by atoms with Gasteiger partial charge in [0.2, 0.25) is 0 Å². The van der Waals surface area contributed by atoms with Gasteiger partial charge in [-0.2, -0.15) is 0 Å². The molecule has 20 heavy (non-hydrogen) atoms. The Morgan fingerprint density at radius 2 is 2.20 bits per heavy atom. The topological polar surface area (TPSA) is 41.1 Å². The zero-order valence-electron chi connectivity index (χ0n) is 11.8. The van der Waals surface area contributed by atoms with Crippen molar-refractivity contribution >= 4 is 11.7 Å². The number of aryl methyl sites for hydroxylation is 1. The van der Waals surface area contributed by atoms with Gasteiger partial charge in [-0.3, -0.25) is 0 Å². The van der Waals surface area contributed by atoms with Gasteiger partial charge in [-0.25, -0.2) is 9.18 Å². The van der Waals surface area contributed by atoms with E-state index in [1.165, 1.54) is 24.5 Å². The summed E-state index contributed by atoms with van der Waals surface area (Å²) >= 11 is 0. The summed E-state index contributed by atoms with van der Waals surface area (Å²) in [5, 5.41) is 5.54. The Morgan fingerprint density at radius 1 is 1.35 bits per heavy atom. The first-order valence-corrected chi connectivity index (χ1v) is 7.14. The van der Waals surface area contributed by atoms with Gasteiger partial charge in [0.25, 0.3) is 0 Å². The Kier molecular flexibility index (Phi) is 5.16. The van der Waals surface area contributed by atoms with Crippen LogP contribution in [0.4, 0.5) is 14.9 Å². The van der Waals surface area contributed by atoms with E-state index in [2.05, 4.69) is 16.7 Å². The Morgan fingerprint density at radius 3 is 2.90 bits per heavy atom. The molecule has 1 aliphatic rings. The van der Waals surface area contributed by atoms with E-state index >= 15 is 0 Å². The number of rotatable bonds is 4. The standard InChI is InChI=1S/C16H21FN2O/c1-12-11-14(7-8-15(12)17)19-16(20)18-10-9-13-5-3-2-4-6-13/h5,7-8,11H,2-4,6,9-10H2,1H3,(H2,18,19,20). The van der Waals surface area contributed by atoms with Crippen LogP contribution in [0.25, 0.3) is 0 Å². The van der Waals surface area contributed by atoms with Crippen LogP contribution < -0.4 is 10.6 Å². The van der Waals surface area contributed by atoms with Crippen LogP contribution in [0.1, 0.15) is 37.7 Å². The number of urea groups is 1. The fourth-order valence-corrected chi connectivity index (χ4v) is 2.37. The molecule has 0 radical (unpaired) electrons. The Bertz CT molecular complexity index is 511. The summed E-state index contributed by atoms with van der Waals surface area (Å²) in [7, 11) is 0. The van der Waals surface area contributed by atoms with Gasteiger partial charge in [-0.15, -0.1) is 0 Å². The van der Waals surface area contributed by atoms with Crippen LogP contribution in [-0.4, -0.2) is 12.6 Å². The summed E-state index contributed by atoms with van der Waals surface area (Å²) in [5.41, 5.74) is 2.57. The van der Waals surface area contributed by atoms with Crippen LogP contribution in [0.3, 0.4) is 0 Å². The SMILES string of the molecule is Cc1cc(NC(=O)NCCC2=CCCCC2)ccc1F. The molecular formula is C16H21FN2O. The number of nitrogens with one attached hydrogen (secondary N) is 2. The molecule has 0 unspecified atom stereocenters. The molecule has 4 heteroatoms. The van der Waals surface area contributed by atoms with Crippen molar-refractivity contribution in [1.82, 2.24) is 5.32 Å². The van der Waals surface area contributed by atoms with E-state index in [-0.39, 0.29) is 11.8 Å². The van der Waals surface area contributed by atoms with Crippen molar-refractivity contribution in [2.24, 2.45) is 0 Å². The first-order valence-electron chi connectivity index (χ1n) is 7.14. The molecule has 0 aliphatic heterocycles. The van der Waals surface area contributed by atoms with Crippen molar-refractivity contribution in [3.63, 3.8) is 0 Å². The maximum Gasteiger partial charge on any atom is 0.319 e. The minimum Gasteiger partial charge on any atom is -0.338 e. The van der Waals surface area contributed by atoms with Crippen molar-refractivity contribution in [1.29, 1.82) is 0 Å². The third-order valence-electron chi connectivity index (χ3n) is 3.53. The average molecular weight is 276 g/mol. The summed E-state index contributed by atoms with van der Waals surface area (Å²) < 4.78 is 13.1. The smallest absolute Gasteiger partial charge is 0.319 e. The second-order valence-electron chi connectivity index (χ2n) is 5.20. The Labute approximate surface area is 119 Å². The molecule has 108 valence electrons. The predicted molar refractivity (Wildman–Crippen MR) is 79.3 cm³/mol. The quantitative estimate of drug-likeness (QED) is 0.797. The first-order chi connectivity index (χ1) is 9.65. The lowest BCUT2D eigenvalue weighted by Crippen LogP contribution is -2.29. The minimum atomic E-state index is -0.264. The summed E-state index contributed by atoms with van der Waals surface area (Å²) in [4.78, 5) is 11.7. The van der Waals surface area contributed by atoms with Crippen molar-refractivity contribution in [3.8, 4) is 0 Å². The molecule has 3 nitrogen and oxygen atoms in total. The largest absolute Gasteiger partial charge is 0.338 e. The molecule has 2 amide bonds. The zero-order valence-corrected chi connectivity index (χ0v) is 11.8. The highest BCUT2D eigenvalue weighted by atomic mass is 19.1. The van der Waals surface area contributed by atoms with Crippen LogP contribution in [0.15, 0.2) is 29.8 Å². The predicted octanol–water partition coefficient (Wildman–Crippen LogP) is 4.15. The number of halogens is 1. The van der Waals surface area contributed by atoms with Crippen LogP contribution in [-0.2, 0) is 0 Å². The van der Waals surface area contributed by atoms with Gasteiger partial charge in [0.15, 0.2) is 0 Å². The minimum absolute atomic E-state index is 0.243. The molecule has 0 aromatic heterocycles. The molecule has 1 aliphatic carbocycles. The Balaban J connectivity index is 1.74. The average Bonchev–Trinajstić information content (AvgIpc) is 2.44. The van der Waals surface area contributed by atoms with E-state index in [4.69, 9.17) is 0 Å². The third kappa shape index (κ3) is 4.37. The van der Waals surface area contributed by atoms with E-state index in [1.807, 2.05) is 0 Å². The van der Waals surface area contributed by atoms with E-state index in [1.54, 1.807) is 19.1 Å². The number of hydrogen-bond donors (Lipinski definition) is 2. The van der Waals surface area contributed by atoms with Gasteiger partial charge < -0.3 is 10.6 Å². The highest BCUT2D eigenvalue weighted by molar-refractivity contribution is 5.89. The molecule has 1 aromatic carbocycles. The lowest BCUT2D eigenvalue weighted by atomic mass is 9.97. The molecule has 2 N–H and O–H groups in total. The molecule has 0 saturated heterocycles. The van der Waals surface area contributed by atoms with E-state index < -0.39 is 0 Å². The van der Waals surface area contributed by atoms with Crippen LogP contribution in [0.5, 0.6) is 0 Å². The first kappa shape index (κ1) is 14.6. The van der Waals surface area contributed by atoms with Gasteiger partial charge in [0.1, 0.15) is 5.82 Å². The highest BCUT2D eigenvalue weighted by Gasteiger charge is 2.06. The summed E-state index contributed by atoms with van der Waals surface area (Å²) in [5.74, 6) is -0.264. The fraction of sp³-hybridized carbons (Fsp3) is 0.438. The molecule has 0 fully saturated rings. The molecule has 1 aromatic rings. The van der Waals surface area contributed by atoms with Crippen molar-refractivity contribution < 1.29 is 9.18 Å². The van der Waals surface area contributed by atoms with Crippen LogP contribution in [0, 0.1) is 12.7 Å². The number of hydrogen-bond acceptors (Lipinski definition) is 1. The van der Waals surface area contributed by atoms with Gasteiger partial charge in [0.05, 0.1) is 0 Å². The monoisotopic (exact) mass is 276 g/mol. The number of carbonyl (C=O) groups is 1. The molecule has 0 atom stereocenters. The highest BCUT2D eigenvalue weighted by Crippen LogP contribution is 2.19. The van der Waals surface area contributed by atoms with Crippen LogP contribution in [0.2, 0.25) is 0 Å².